The van der Waals surface area contributed by atoms with Crippen LogP contribution in [-0.2, 0) is 10.9 Å². The summed E-state index contributed by atoms with van der Waals surface area (Å²) in [5.41, 5.74) is -1.98. The van der Waals surface area contributed by atoms with Gasteiger partial charge in [-0.2, -0.15) is 18.3 Å². The molecule has 1 aliphatic rings. The van der Waals surface area contributed by atoms with Crippen molar-refractivity contribution in [1.29, 1.82) is 0 Å². The predicted molar refractivity (Wildman–Crippen MR) is 90.9 cm³/mol. The zero-order valence-corrected chi connectivity index (χ0v) is 14.8. The van der Waals surface area contributed by atoms with Gasteiger partial charge >= 0.3 is 6.18 Å². The molecule has 144 valence electrons. The van der Waals surface area contributed by atoms with Gasteiger partial charge in [-0.25, -0.2) is 4.68 Å². The molecular formula is C18H18F3N3O3. The van der Waals surface area contributed by atoms with Gasteiger partial charge in [-0.15, -0.1) is 0 Å². The van der Waals surface area contributed by atoms with Gasteiger partial charge < -0.3 is 9.64 Å². The largest absolute Gasteiger partial charge is 0.418 e. The summed E-state index contributed by atoms with van der Waals surface area (Å²) in [5, 5.41) is 3.99. The fraction of sp³-hybridized carbons (Fsp3) is 0.389. The van der Waals surface area contributed by atoms with Gasteiger partial charge in [0.25, 0.3) is 5.91 Å². The van der Waals surface area contributed by atoms with E-state index in [2.05, 4.69) is 5.10 Å². The van der Waals surface area contributed by atoms with Gasteiger partial charge in [0, 0.05) is 24.8 Å². The molecule has 0 bridgehead atoms. The number of ether oxygens (including phenoxy) is 1. The molecule has 0 aliphatic carbocycles. The quantitative estimate of drug-likeness (QED) is 0.802. The Balaban J connectivity index is 2.09. The van der Waals surface area contributed by atoms with Crippen molar-refractivity contribution >= 4 is 5.91 Å². The molecule has 9 heteroatoms. The highest BCUT2D eigenvalue weighted by atomic mass is 19.4. The van der Waals surface area contributed by atoms with E-state index in [1.165, 1.54) is 30.0 Å². The highest BCUT2D eigenvalue weighted by Crippen LogP contribution is 2.33. The Morgan fingerprint density at radius 1 is 1.30 bits per heavy atom. The Morgan fingerprint density at radius 3 is 2.67 bits per heavy atom. The van der Waals surface area contributed by atoms with E-state index in [0.29, 0.717) is 6.61 Å². The van der Waals surface area contributed by atoms with E-state index < -0.39 is 28.8 Å². The van der Waals surface area contributed by atoms with Crippen molar-refractivity contribution in [2.24, 2.45) is 0 Å². The third kappa shape index (κ3) is 3.87. The Morgan fingerprint density at radius 2 is 2.00 bits per heavy atom. The lowest BCUT2D eigenvalue weighted by Gasteiger charge is -2.30. The number of aryl methyl sites for hydroxylation is 1. The highest BCUT2D eigenvalue weighted by Gasteiger charge is 2.34. The van der Waals surface area contributed by atoms with Gasteiger partial charge in [0.1, 0.15) is 0 Å². The highest BCUT2D eigenvalue weighted by molar-refractivity contribution is 5.92. The number of carbonyl (C=O) groups is 1. The molecular weight excluding hydrogens is 363 g/mol. The van der Waals surface area contributed by atoms with Crippen molar-refractivity contribution in [3.8, 4) is 5.69 Å². The molecule has 0 spiro atoms. The zero-order valence-electron chi connectivity index (χ0n) is 14.8. The second kappa shape index (κ2) is 7.15. The van der Waals surface area contributed by atoms with Crippen molar-refractivity contribution in [2.45, 2.75) is 26.1 Å². The molecule has 2 heterocycles. The van der Waals surface area contributed by atoms with Crippen LogP contribution in [0.25, 0.3) is 5.69 Å². The van der Waals surface area contributed by atoms with E-state index in [-0.39, 0.29) is 30.6 Å². The lowest BCUT2D eigenvalue weighted by Crippen LogP contribution is -2.46. The number of nitrogens with zero attached hydrogens (tertiary/aromatic N) is 3. The maximum atomic E-state index is 13.3. The molecule has 1 aromatic heterocycles. The van der Waals surface area contributed by atoms with Crippen LogP contribution in [0.15, 0.2) is 35.1 Å². The van der Waals surface area contributed by atoms with Crippen LogP contribution in [0.3, 0.4) is 0 Å². The summed E-state index contributed by atoms with van der Waals surface area (Å²) in [6.45, 7) is 4.15. The van der Waals surface area contributed by atoms with Crippen LogP contribution < -0.4 is 5.43 Å². The first kappa shape index (κ1) is 19.1. The van der Waals surface area contributed by atoms with Crippen LogP contribution in [0.2, 0.25) is 0 Å². The molecule has 1 saturated heterocycles. The van der Waals surface area contributed by atoms with Crippen LogP contribution in [0.4, 0.5) is 13.2 Å². The average molecular weight is 381 g/mol. The number of rotatable bonds is 2. The lowest BCUT2D eigenvalue weighted by molar-refractivity contribution is -0.137. The summed E-state index contributed by atoms with van der Waals surface area (Å²) in [7, 11) is 0. The maximum absolute atomic E-state index is 13.3. The zero-order chi connectivity index (χ0) is 19.8. The number of alkyl halides is 3. The smallest absolute Gasteiger partial charge is 0.375 e. The summed E-state index contributed by atoms with van der Waals surface area (Å²) in [4.78, 5) is 26.4. The van der Waals surface area contributed by atoms with Crippen molar-refractivity contribution in [3.05, 3.63) is 57.5 Å². The fourth-order valence-electron chi connectivity index (χ4n) is 2.99. The monoisotopic (exact) mass is 381 g/mol. The molecule has 1 unspecified atom stereocenters. The molecule has 1 aromatic carbocycles. The topological polar surface area (TPSA) is 64.4 Å². The van der Waals surface area contributed by atoms with Gasteiger partial charge in [-0.1, -0.05) is 12.1 Å². The van der Waals surface area contributed by atoms with Crippen LogP contribution in [0.5, 0.6) is 0 Å². The minimum absolute atomic E-state index is 0.193. The van der Waals surface area contributed by atoms with Crippen molar-refractivity contribution < 1.29 is 22.7 Å². The van der Waals surface area contributed by atoms with Crippen molar-refractivity contribution in [2.75, 3.05) is 19.7 Å². The normalized spacial score (nSPS) is 17.8. The summed E-state index contributed by atoms with van der Waals surface area (Å²) in [6, 6.07) is 6.01. The Labute approximate surface area is 153 Å². The third-order valence-electron chi connectivity index (χ3n) is 4.28. The fourth-order valence-corrected chi connectivity index (χ4v) is 2.99. The number of carbonyl (C=O) groups excluding carboxylic acids is 1. The van der Waals surface area contributed by atoms with Crippen LogP contribution in [0, 0.1) is 6.92 Å². The minimum atomic E-state index is -4.60. The first-order valence-corrected chi connectivity index (χ1v) is 8.37. The summed E-state index contributed by atoms with van der Waals surface area (Å²) >= 11 is 0. The van der Waals surface area contributed by atoms with Crippen LogP contribution in [0.1, 0.15) is 28.7 Å². The van der Waals surface area contributed by atoms with Gasteiger partial charge in [-0.3, -0.25) is 9.59 Å². The summed E-state index contributed by atoms with van der Waals surface area (Å²) < 4.78 is 46.4. The number of amides is 1. The first-order valence-electron chi connectivity index (χ1n) is 8.37. The average Bonchev–Trinajstić information content (AvgIpc) is 2.60. The molecule has 6 nitrogen and oxygen atoms in total. The predicted octanol–water partition coefficient (Wildman–Crippen LogP) is 2.42. The molecule has 1 aliphatic heterocycles. The second-order valence-electron chi connectivity index (χ2n) is 6.36. The SMILES string of the molecule is Cc1cc(=O)c(C(=O)N2CCOC(C)C2)nn1-c1ccccc1C(F)(F)F. The van der Waals surface area contributed by atoms with Crippen molar-refractivity contribution in [3.63, 3.8) is 0 Å². The molecule has 2 aromatic rings. The van der Waals surface area contributed by atoms with Gasteiger partial charge in [0.15, 0.2) is 5.69 Å². The summed E-state index contributed by atoms with van der Waals surface area (Å²) in [6.07, 6.45) is -4.79. The number of para-hydroxylation sites is 1. The molecule has 0 N–H and O–H groups in total. The Bertz CT molecular complexity index is 924. The van der Waals surface area contributed by atoms with E-state index in [9.17, 15) is 22.8 Å². The van der Waals surface area contributed by atoms with E-state index in [0.717, 1.165) is 16.8 Å². The minimum Gasteiger partial charge on any atom is -0.375 e. The van der Waals surface area contributed by atoms with E-state index in [1.54, 1.807) is 6.92 Å². The number of aromatic nitrogens is 2. The lowest BCUT2D eigenvalue weighted by atomic mass is 10.1. The molecule has 3 rings (SSSR count). The van der Waals surface area contributed by atoms with Gasteiger partial charge in [0.2, 0.25) is 5.43 Å². The standard InChI is InChI=1S/C18H18F3N3O3/c1-11-9-15(25)16(17(26)23-7-8-27-12(2)10-23)22-24(11)14-6-4-3-5-13(14)18(19,20)21/h3-6,9,12H,7-8,10H2,1-2H3. The molecule has 0 radical (unpaired) electrons. The molecule has 0 saturated carbocycles. The second-order valence-corrected chi connectivity index (χ2v) is 6.36. The number of hydrogen-bond donors (Lipinski definition) is 0. The van der Waals surface area contributed by atoms with Gasteiger partial charge in [-0.05, 0) is 26.0 Å². The first-order chi connectivity index (χ1) is 12.7. The van der Waals surface area contributed by atoms with E-state index >= 15 is 0 Å². The molecule has 1 amide bonds. The maximum Gasteiger partial charge on any atom is 0.418 e. The molecule has 1 fully saturated rings. The van der Waals surface area contributed by atoms with Gasteiger partial charge in [0.05, 0.1) is 24.0 Å². The number of benzene rings is 1. The van der Waals surface area contributed by atoms with Crippen LogP contribution >= 0.6 is 0 Å². The van der Waals surface area contributed by atoms with E-state index in [4.69, 9.17) is 4.74 Å². The molecule has 1 atom stereocenters. The van der Waals surface area contributed by atoms with E-state index in [1.807, 2.05) is 0 Å². The number of morpholine rings is 1. The summed E-state index contributed by atoms with van der Waals surface area (Å²) in [5.74, 6) is -0.617. The Kier molecular flexibility index (Phi) is 5.05. The van der Waals surface area contributed by atoms with Crippen molar-refractivity contribution in [1.82, 2.24) is 14.7 Å². The van der Waals surface area contributed by atoms with Crippen LogP contribution in [-0.4, -0.2) is 46.4 Å². The number of hydrogen-bond acceptors (Lipinski definition) is 4. The third-order valence-corrected chi connectivity index (χ3v) is 4.28. The Hall–Kier alpha value is -2.68. The number of halogens is 3. The molecule has 27 heavy (non-hydrogen) atoms.